The van der Waals surface area contributed by atoms with Crippen LogP contribution in [-0.4, -0.2) is 73.6 Å². The van der Waals surface area contributed by atoms with E-state index >= 15 is 0 Å². The fourth-order valence-electron chi connectivity index (χ4n) is 3.53. The average molecular weight is 417 g/mol. The third-order valence-corrected chi connectivity index (χ3v) is 6.62. The van der Waals surface area contributed by atoms with E-state index in [1.807, 2.05) is 7.05 Å². The number of aryl methyl sites for hydroxylation is 1. The van der Waals surface area contributed by atoms with Crippen LogP contribution >= 0.6 is 11.8 Å². The van der Waals surface area contributed by atoms with Crippen LogP contribution in [0.25, 0.3) is 0 Å². The van der Waals surface area contributed by atoms with E-state index < -0.39 is 0 Å². The van der Waals surface area contributed by atoms with Crippen molar-refractivity contribution < 1.29 is 0 Å². The second-order valence-corrected chi connectivity index (χ2v) is 10.2. The summed E-state index contributed by atoms with van der Waals surface area (Å²) in [5, 5.41) is 12.5. The maximum Gasteiger partial charge on any atom is 0.209 e. The van der Waals surface area contributed by atoms with Gasteiger partial charge in [0, 0.05) is 62.1 Å². The van der Waals surface area contributed by atoms with Crippen molar-refractivity contribution >= 4 is 17.6 Å². The van der Waals surface area contributed by atoms with Crippen LogP contribution in [0, 0.1) is 0 Å². The lowest BCUT2D eigenvalue weighted by atomic mass is 9.95. The molecule has 158 valence electrons. The van der Waals surface area contributed by atoms with Crippen molar-refractivity contribution in [2.75, 3.05) is 43.4 Å². The molecule has 9 heteroatoms. The number of aromatic nitrogens is 6. The minimum Gasteiger partial charge on any atom is -0.354 e. The molecule has 3 heterocycles. The zero-order valence-electron chi connectivity index (χ0n) is 18.0. The van der Waals surface area contributed by atoms with Crippen LogP contribution in [0.15, 0.2) is 11.2 Å². The molecule has 1 aliphatic heterocycles. The minimum atomic E-state index is -0.0165. The van der Waals surface area contributed by atoms with Crippen LogP contribution in [0.1, 0.15) is 57.5 Å². The van der Waals surface area contributed by atoms with Crippen LogP contribution < -0.4 is 4.90 Å². The molecular formula is C20H32N8S. The molecule has 2 aliphatic rings. The van der Waals surface area contributed by atoms with Gasteiger partial charge in [0.15, 0.2) is 0 Å². The van der Waals surface area contributed by atoms with Gasteiger partial charge in [0.2, 0.25) is 5.16 Å². The number of hydrogen-bond acceptors (Lipinski definition) is 8. The first kappa shape index (κ1) is 20.5. The molecule has 2 fully saturated rings. The van der Waals surface area contributed by atoms with E-state index in [0.717, 1.165) is 61.7 Å². The van der Waals surface area contributed by atoms with Gasteiger partial charge in [0.1, 0.15) is 11.6 Å². The summed E-state index contributed by atoms with van der Waals surface area (Å²) in [4.78, 5) is 14.8. The second kappa shape index (κ2) is 8.55. The molecule has 2 aromatic heterocycles. The lowest BCUT2D eigenvalue weighted by Gasteiger charge is -2.36. The van der Waals surface area contributed by atoms with Gasteiger partial charge in [-0.25, -0.2) is 14.6 Å². The molecule has 4 rings (SSSR count). The SMILES string of the molecule is Cn1nnnc1SCCCN1CCN(c2cc(C3CC3)nc(C(C)(C)C)n2)CC1. The highest BCUT2D eigenvalue weighted by Gasteiger charge is 2.29. The monoisotopic (exact) mass is 416 g/mol. The Bertz CT molecular complexity index is 818. The van der Waals surface area contributed by atoms with Crippen LogP contribution in [-0.2, 0) is 12.5 Å². The van der Waals surface area contributed by atoms with E-state index in [1.54, 1.807) is 16.4 Å². The molecule has 8 nitrogen and oxygen atoms in total. The van der Waals surface area contributed by atoms with E-state index in [2.05, 4.69) is 52.2 Å². The predicted octanol–water partition coefficient (Wildman–Crippen LogP) is 2.48. The van der Waals surface area contributed by atoms with Gasteiger partial charge in [0.25, 0.3) is 0 Å². The maximum absolute atomic E-state index is 4.95. The van der Waals surface area contributed by atoms with Crippen molar-refractivity contribution in [3.8, 4) is 0 Å². The fourth-order valence-corrected chi connectivity index (χ4v) is 4.31. The highest BCUT2D eigenvalue weighted by Crippen LogP contribution is 2.40. The van der Waals surface area contributed by atoms with Gasteiger partial charge in [-0.2, -0.15) is 0 Å². The lowest BCUT2D eigenvalue weighted by Crippen LogP contribution is -2.47. The highest BCUT2D eigenvalue weighted by molar-refractivity contribution is 7.99. The molecule has 1 saturated heterocycles. The van der Waals surface area contributed by atoms with Gasteiger partial charge < -0.3 is 4.90 Å². The smallest absolute Gasteiger partial charge is 0.209 e. The zero-order valence-corrected chi connectivity index (χ0v) is 18.8. The molecule has 0 aromatic carbocycles. The standard InChI is InChI=1S/C20H32N8S/c1-20(2,3)18-21-16(15-6-7-15)14-17(22-18)28-11-9-27(10-12-28)8-5-13-29-19-23-24-25-26(19)4/h14-15H,5-13H2,1-4H3. The molecule has 29 heavy (non-hydrogen) atoms. The summed E-state index contributed by atoms with van der Waals surface area (Å²) < 4.78 is 1.73. The normalized spacial score (nSPS) is 18.4. The second-order valence-electron chi connectivity index (χ2n) is 9.11. The Morgan fingerprint density at radius 3 is 2.48 bits per heavy atom. The van der Waals surface area contributed by atoms with E-state index in [1.165, 1.54) is 18.5 Å². The van der Waals surface area contributed by atoms with Gasteiger partial charge >= 0.3 is 0 Å². The summed E-state index contributed by atoms with van der Waals surface area (Å²) >= 11 is 1.73. The lowest BCUT2D eigenvalue weighted by molar-refractivity contribution is 0.258. The molecule has 2 aromatic rings. The molecule has 0 spiro atoms. The van der Waals surface area contributed by atoms with Crippen LogP contribution in [0.4, 0.5) is 5.82 Å². The first-order valence-corrected chi connectivity index (χ1v) is 11.6. The Labute approximate surface area is 177 Å². The first-order chi connectivity index (χ1) is 13.9. The van der Waals surface area contributed by atoms with E-state index in [9.17, 15) is 0 Å². The molecule has 0 unspecified atom stereocenters. The third kappa shape index (κ3) is 5.25. The highest BCUT2D eigenvalue weighted by atomic mass is 32.2. The van der Waals surface area contributed by atoms with Gasteiger partial charge in [-0.3, -0.25) is 4.90 Å². The van der Waals surface area contributed by atoms with Crippen LogP contribution in [0.3, 0.4) is 0 Å². The Morgan fingerprint density at radius 1 is 1.10 bits per heavy atom. The van der Waals surface area contributed by atoms with Crippen molar-refractivity contribution in [3.05, 3.63) is 17.6 Å². The molecule has 1 aliphatic carbocycles. The fraction of sp³-hybridized carbons (Fsp3) is 0.750. The Balaban J connectivity index is 1.29. The molecule has 0 atom stereocenters. The molecule has 0 bridgehead atoms. The van der Waals surface area contributed by atoms with Gasteiger partial charge in [-0.15, -0.1) is 5.10 Å². The van der Waals surface area contributed by atoms with E-state index in [4.69, 9.17) is 9.97 Å². The summed E-state index contributed by atoms with van der Waals surface area (Å²) in [6.07, 6.45) is 3.69. The average Bonchev–Trinajstić information content (AvgIpc) is 3.47. The first-order valence-electron chi connectivity index (χ1n) is 10.6. The summed E-state index contributed by atoms with van der Waals surface area (Å²) in [6.45, 7) is 12.0. The topological polar surface area (TPSA) is 75.9 Å². The number of piperazine rings is 1. The van der Waals surface area contributed by atoms with E-state index in [-0.39, 0.29) is 5.41 Å². The van der Waals surface area contributed by atoms with Crippen molar-refractivity contribution in [1.82, 2.24) is 35.1 Å². The number of tetrazole rings is 1. The Morgan fingerprint density at radius 2 is 1.86 bits per heavy atom. The quantitative estimate of drug-likeness (QED) is 0.503. The zero-order chi connectivity index (χ0) is 20.4. The van der Waals surface area contributed by atoms with Gasteiger partial charge in [0.05, 0.1) is 0 Å². The summed E-state index contributed by atoms with van der Waals surface area (Å²) in [5.74, 6) is 3.80. The van der Waals surface area contributed by atoms with Crippen LogP contribution in [0.5, 0.6) is 0 Å². The van der Waals surface area contributed by atoms with Gasteiger partial charge in [-0.1, -0.05) is 32.5 Å². The number of rotatable bonds is 7. The van der Waals surface area contributed by atoms with Crippen molar-refractivity contribution in [3.63, 3.8) is 0 Å². The van der Waals surface area contributed by atoms with Gasteiger partial charge in [-0.05, 0) is 36.2 Å². The van der Waals surface area contributed by atoms with Crippen molar-refractivity contribution in [1.29, 1.82) is 0 Å². The van der Waals surface area contributed by atoms with Crippen LogP contribution in [0.2, 0.25) is 0 Å². The third-order valence-electron chi connectivity index (χ3n) is 5.53. The minimum absolute atomic E-state index is 0.0165. The number of nitrogens with zero attached hydrogens (tertiary/aromatic N) is 8. The molecule has 0 radical (unpaired) electrons. The molecule has 1 saturated carbocycles. The predicted molar refractivity (Wildman–Crippen MR) is 115 cm³/mol. The Hall–Kier alpha value is -1.74. The maximum atomic E-state index is 4.95. The van der Waals surface area contributed by atoms with Crippen molar-refractivity contribution in [2.24, 2.45) is 7.05 Å². The molecule has 0 N–H and O–H groups in total. The molecular weight excluding hydrogens is 384 g/mol. The summed E-state index contributed by atoms with van der Waals surface area (Å²) in [7, 11) is 1.88. The Kier molecular flexibility index (Phi) is 6.06. The van der Waals surface area contributed by atoms with Crippen molar-refractivity contribution in [2.45, 2.75) is 56.5 Å². The number of thioether (sulfide) groups is 1. The summed E-state index contributed by atoms with van der Waals surface area (Å²) in [5.41, 5.74) is 1.23. The summed E-state index contributed by atoms with van der Waals surface area (Å²) in [6, 6.07) is 2.24. The molecule has 0 amide bonds. The largest absolute Gasteiger partial charge is 0.354 e. The number of anilines is 1. The number of hydrogen-bond donors (Lipinski definition) is 0. The van der Waals surface area contributed by atoms with E-state index in [0.29, 0.717) is 5.92 Å².